The van der Waals surface area contributed by atoms with Gasteiger partial charge in [0.05, 0.1) is 132 Å². The van der Waals surface area contributed by atoms with Crippen LogP contribution in [0.4, 0.5) is 39.5 Å². The van der Waals surface area contributed by atoms with E-state index in [0.717, 1.165) is 18.2 Å². The van der Waals surface area contributed by atoms with Gasteiger partial charge in [0.1, 0.15) is 11.6 Å². The molecule has 0 unspecified atom stereocenters. The van der Waals surface area contributed by atoms with Gasteiger partial charge < -0.3 is 9.13 Å². The summed E-state index contributed by atoms with van der Waals surface area (Å²) < 4.78 is 141. The number of halogens is 9. The Kier molecular flexibility index (Phi) is 13.8. The molecule has 0 spiro atoms. The average molecular weight is 1190 g/mol. The van der Waals surface area contributed by atoms with Crippen LogP contribution in [0.25, 0.3) is 111 Å². The van der Waals surface area contributed by atoms with E-state index in [1.54, 1.807) is 60.7 Å². The smallest absolute Gasteiger partial charge is 0.308 e. The molecule has 0 fully saturated rings. The van der Waals surface area contributed by atoms with Crippen molar-refractivity contribution in [2.75, 3.05) is 0 Å². The fourth-order valence-electron chi connectivity index (χ4n) is 11.6. The normalized spacial score (nSPS) is 11.5. The van der Waals surface area contributed by atoms with Crippen molar-refractivity contribution in [3.8, 4) is 116 Å². The van der Waals surface area contributed by atoms with Crippen LogP contribution in [0.3, 0.4) is 0 Å². The first-order chi connectivity index (χ1) is 43.1. The van der Waals surface area contributed by atoms with Crippen molar-refractivity contribution in [3.63, 3.8) is 0 Å². The van der Waals surface area contributed by atoms with Crippen molar-refractivity contribution in [2.45, 2.75) is 18.5 Å². The lowest BCUT2D eigenvalue weighted by Crippen LogP contribution is -2.15. The van der Waals surface area contributed by atoms with Gasteiger partial charge in [-0.25, -0.2) is 0 Å². The van der Waals surface area contributed by atoms with E-state index in [4.69, 9.17) is 0 Å². The van der Waals surface area contributed by atoms with Crippen LogP contribution in [-0.4, -0.2) is 9.13 Å². The standard InChI is InChI=1S/C71H29F9N10/c72-69(73,74)54-22-44(36-87)21-52(23-54)48-7-11-58-57-10-6-47(51-19-42(34-85)14-43(20-51)35-86)26-64(57)90(65(58)27-48)67-29-53(68-60(70(75,76)77)2-1-3-61(68)71(78,79)80)28-66(59(67)37-88)89-62-24-45(49-15-38(30-81)12-39(16-49)31-82)4-8-55(62)56-9-5-46(25-63(56)89)50-17-40(32-83)13-41(18-50)33-84/h1-29H. The van der Waals surface area contributed by atoms with Crippen LogP contribution in [0.2, 0.25) is 0 Å². The second-order valence-electron chi connectivity index (χ2n) is 20.8. The fourth-order valence-corrected chi connectivity index (χ4v) is 11.6. The molecule has 10 aromatic carbocycles. The lowest BCUT2D eigenvalue weighted by atomic mass is 9.91. The highest BCUT2D eigenvalue weighted by Gasteiger charge is 2.42. The summed E-state index contributed by atoms with van der Waals surface area (Å²) in [7, 11) is 0. The van der Waals surface area contributed by atoms with Crippen LogP contribution in [0.15, 0.2) is 176 Å². The van der Waals surface area contributed by atoms with Crippen molar-refractivity contribution in [1.82, 2.24) is 9.13 Å². The molecule has 426 valence electrons. The molecule has 0 amide bonds. The highest BCUT2D eigenvalue weighted by atomic mass is 19.4. The number of hydrogen-bond donors (Lipinski definition) is 0. The Morgan fingerprint density at radius 1 is 0.267 bits per heavy atom. The number of nitriles is 8. The Labute approximate surface area is 503 Å². The molecule has 2 heterocycles. The van der Waals surface area contributed by atoms with Crippen LogP contribution in [0, 0.1) is 90.6 Å². The molecule has 0 aliphatic heterocycles. The van der Waals surface area contributed by atoms with Gasteiger partial charge in [-0.2, -0.15) is 81.6 Å². The van der Waals surface area contributed by atoms with E-state index in [0.29, 0.717) is 79.2 Å². The number of fused-ring (bicyclic) bond motifs is 6. The third-order valence-corrected chi connectivity index (χ3v) is 15.5. The van der Waals surface area contributed by atoms with Crippen LogP contribution in [0.5, 0.6) is 0 Å². The third-order valence-electron chi connectivity index (χ3n) is 15.5. The lowest BCUT2D eigenvalue weighted by molar-refractivity contribution is -0.142. The predicted octanol–water partition coefficient (Wildman–Crippen LogP) is 18.2. The molecule has 90 heavy (non-hydrogen) atoms. The minimum Gasteiger partial charge on any atom is -0.308 e. The molecule has 19 heteroatoms. The monoisotopic (exact) mass is 1190 g/mol. The molecule has 0 saturated carbocycles. The maximum absolute atomic E-state index is 15.7. The zero-order valence-electron chi connectivity index (χ0n) is 45.6. The molecule has 0 atom stereocenters. The van der Waals surface area contributed by atoms with Gasteiger partial charge in [0.2, 0.25) is 0 Å². The van der Waals surface area contributed by atoms with Crippen molar-refractivity contribution in [3.05, 3.63) is 237 Å². The van der Waals surface area contributed by atoms with Gasteiger partial charge in [0.25, 0.3) is 0 Å². The number of benzene rings is 10. The van der Waals surface area contributed by atoms with E-state index in [2.05, 4.69) is 6.07 Å². The van der Waals surface area contributed by atoms with E-state index in [-0.39, 0.29) is 83.5 Å². The Morgan fingerprint density at radius 2 is 0.556 bits per heavy atom. The molecule has 10 nitrogen and oxygen atoms in total. The van der Waals surface area contributed by atoms with Crippen molar-refractivity contribution >= 4 is 43.6 Å². The van der Waals surface area contributed by atoms with Gasteiger partial charge in [0.15, 0.2) is 0 Å². The second kappa shape index (κ2) is 21.6. The van der Waals surface area contributed by atoms with Crippen LogP contribution < -0.4 is 0 Å². The number of nitrogens with zero attached hydrogens (tertiary/aromatic N) is 10. The van der Waals surface area contributed by atoms with Gasteiger partial charge in [-0.15, -0.1) is 0 Å². The molecule has 12 rings (SSSR count). The summed E-state index contributed by atoms with van der Waals surface area (Å²) in [6.07, 6.45) is -15.9. The molecular formula is C71H29F9N10. The van der Waals surface area contributed by atoms with Gasteiger partial charge in [-0.3, -0.25) is 0 Å². The summed E-state index contributed by atoms with van der Waals surface area (Å²) in [6, 6.07) is 54.3. The molecule has 0 radical (unpaired) electrons. The maximum atomic E-state index is 15.7. The molecule has 0 aliphatic rings. The Morgan fingerprint density at radius 3 is 0.822 bits per heavy atom. The third kappa shape index (κ3) is 9.99. The fraction of sp³-hybridized carbons (Fsp3) is 0.0423. The lowest BCUT2D eigenvalue weighted by Gasteiger charge is -2.23. The second-order valence-corrected chi connectivity index (χ2v) is 20.8. The van der Waals surface area contributed by atoms with Crippen molar-refractivity contribution in [1.29, 1.82) is 42.1 Å². The zero-order valence-corrected chi connectivity index (χ0v) is 45.6. The summed E-state index contributed by atoms with van der Waals surface area (Å²) in [5, 5.41) is 83.6. The quantitative estimate of drug-likeness (QED) is 0.140. The summed E-state index contributed by atoms with van der Waals surface area (Å²) >= 11 is 0. The first kappa shape index (κ1) is 57.5. The summed E-state index contributed by atoms with van der Waals surface area (Å²) in [6.45, 7) is 0. The number of aromatic nitrogens is 2. The van der Waals surface area contributed by atoms with Gasteiger partial charge in [-0.1, -0.05) is 54.6 Å². The van der Waals surface area contributed by atoms with Gasteiger partial charge in [0, 0.05) is 27.1 Å². The highest BCUT2D eigenvalue weighted by molar-refractivity contribution is 6.13. The molecule has 0 bridgehead atoms. The maximum Gasteiger partial charge on any atom is 0.417 e. The summed E-state index contributed by atoms with van der Waals surface area (Å²) in [5.41, 5.74) is -5.20. The first-order valence-corrected chi connectivity index (χ1v) is 26.6. The van der Waals surface area contributed by atoms with Crippen LogP contribution >= 0.6 is 0 Å². The summed E-state index contributed by atoms with van der Waals surface area (Å²) in [4.78, 5) is 0. The Balaban J connectivity index is 1.30. The van der Waals surface area contributed by atoms with Crippen molar-refractivity contribution < 1.29 is 39.5 Å². The molecule has 0 saturated heterocycles. The van der Waals surface area contributed by atoms with E-state index < -0.39 is 51.9 Å². The van der Waals surface area contributed by atoms with E-state index in [1.807, 2.05) is 36.4 Å². The van der Waals surface area contributed by atoms with Crippen LogP contribution in [-0.2, 0) is 18.5 Å². The molecule has 0 N–H and O–H groups in total. The number of rotatable bonds is 7. The average Bonchev–Trinajstić information content (AvgIpc) is 1.53. The number of hydrogen-bond acceptors (Lipinski definition) is 8. The largest absolute Gasteiger partial charge is 0.417 e. The zero-order chi connectivity index (χ0) is 63.7. The van der Waals surface area contributed by atoms with E-state index >= 15 is 26.3 Å². The summed E-state index contributed by atoms with van der Waals surface area (Å²) in [5.74, 6) is 0. The van der Waals surface area contributed by atoms with Gasteiger partial charge in [-0.05, 0) is 171 Å². The predicted molar refractivity (Wildman–Crippen MR) is 315 cm³/mol. The minimum absolute atomic E-state index is 0.0435. The SMILES string of the molecule is N#Cc1cc(C#N)cc(-c2ccc3c4ccc(-c5cc(C#N)cc(C#N)c5)cc4n(-c4cc(-c5c(C(F)(F)F)cccc5C(F)(F)F)cc(-n5c6cc(-c7cc(C#N)cc(C#N)c7)ccc6c6ccc(-c7cc(C#N)cc(C(F)(F)F)c7)cc65)c4C#N)c3c2)c1. The molecule has 12 aromatic rings. The minimum atomic E-state index is -5.47. The topological polar surface area (TPSA) is 200 Å². The van der Waals surface area contributed by atoms with Gasteiger partial charge >= 0.3 is 18.5 Å². The Hall–Kier alpha value is -12.9. The highest BCUT2D eigenvalue weighted by Crippen LogP contribution is 2.49. The molecule has 2 aromatic heterocycles. The van der Waals surface area contributed by atoms with Crippen LogP contribution in [0.1, 0.15) is 61.2 Å². The van der Waals surface area contributed by atoms with E-state index in [1.165, 1.54) is 88.0 Å². The Bertz CT molecular complexity index is 5250. The number of alkyl halides is 9. The molecule has 0 aliphatic carbocycles. The molecular weight excluding hydrogens is 1160 g/mol. The van der Waals surface area contributed by atoms with E-state index in [9.17, 15) is 55.3 Å². The van der Waals surface area contributed by atoms with Crippen molar-refractivity contribution in [2.24, 2.45) is 0 Å². The first-order valence-electron chi connectivity index (χ1n) is 26.6.